The van der Waals surface area contributed by atoms with Crippen molar-refractivity contribution in [2.45, 2.75) is 58.8 Å². The van der Waals surface area contributed by atoms with E-state index in [1.165, 1.54) is 5.56 Å². The maximum absolute atomic E-state index is 12.4. The van der Waals surface area contributed by atoms with Gasteiger partial charge in [0.25, 0.3) is 0 Å². The van der Waals surface area contributed by atoms with Gasteiger partial charge in [-0.15, -0.1) is 0 Å². The number of unbranched alkanes of at least 4 members (excludes halogenated alkanes) is 4. The molecule has 6 heteroatoms. The topological polar surface area (TPSA) is 75.0 Å². The van der Waals surface area contributed by atoms with Crippen LogP contribution >= 0.6 is 0 Å². The molecule has 0 N–H and O–H groups in total. The average Bonchev–Trinajstić information content (AvgIpc) is 2.84. The third kappa shape index (κ3) is 7.11. The molecule has 0 aliphatic carbocycles. The number of rotatable bonds is 14. The van der Waals surface area contributed by atoms with Crippen molar-refractivity contribution >= 4 is 16.9 Å². The largest absolute Gasteiger partial charge is 0.493 e. The highest BCUT2D eigenvalue weighted by Gasteiger charge is 2.15. The number of ether oxygens (including phenoxy) is 3. The van der Waals surface area contributed by atoms with E-state index >= 15 is 0 Å². The Kier molecular flexibility index (Phi) is 10.0. The summed E-state index contributed by atoms with van der Waals surface area (Å²) in [7, 11) is 0. The van der Waals surface area contributed by atoms with Crippen molar-refractivity contribution in [1.29, 1.82) is 0 Å². The lowest BCUT2D eigenvalue weighted by atomic mass is 10.1. The number of carbonyl (C=O) groups excluding carboxylic acids is 1. The summed E-state index contributed by atoms with van der Waals surface area (Å²) in [5, 5.41) is 0.381. The van der Waals surface area contributed by atoms with Crippen LogP contribution in [0.15, 0.2) is 57.7 Å². The summed E-state index contributed by atoms with van der Waals surface area (Å²) in [5.74, 6) is 0.689. The van der Waals surface area contributed by atoms with E-state index in [2.05, 4.69) is 19.1 Å². The fourth-order valence-corrected chi connectivity index (χ4v) is 3.79. The first-order chi connectivity index (χ1) is 16.6. The second-order valence-corrected chi connectivity index (χ2v) is 8.15. The van der Waals surface area contributed by atoms with E-state index in [1.807, 2.05) is 12.1 Å². The lowest BCUT2D eigenvalue weighted by Gasteiger charge is -2.11. The molecule has 1 heterocycles. The van der Waals surface area contributed by atoms with Crippen LogP contribution in [0.4, 0.5) is 0 Å². The number of hydrogen-bond donors (Lipinski definition) is 0. The van der Waals surface area contributed by atoms with Crippen LogP contribution in [0.1, 0.15) is 68.5 Å². The van der Waals surface area contributed by atoms with Crippen LogP contribution in [0, 0.1) is 0 Å². The third-order valence-corrected chi connectivity index (χ3v) is 5.49. The first-order valence-corrected chi connectivity index (χ1v) is 12.2. The molecule has 0 atom stereocenters. The van der Waals surface area contributed by atoms with Gasteiger partial charge in [0.2, 0.25) is 5.76 Å². The number of fused-ring (bicyclic) bond motifs is 1. The van der Waals surface area contributed by atoms with Gasteiger partial charge in [-0.3, -0.25) is 4.79 Å². The molecule has 0 fully saturated rings. The van der Waals surface area contributed by atoms with Gasteiger partial charge in [-0.25, -0.2) is 4.79 Å². The molecule has 1 aromatic heterocycles. The van der Waals surface area contributed by atoms with Crippen LogP contribution in [-0.4, -0.2) is 25.8 Å². The summed E-state index contributed by atoms with van der Waals surface area (Å²) in [6.45, 7) is 5.32. The van der Waals surface area contributed by atoms with Crippen molar-refractivity contribution in [3.8, 4) is 11.5 Å². The van der Waals surface area contributed by atoms with Crippen LogP contribution < -0.4 is 14.9 Å². The molecule has 0 amide bonds. The van der Waals surface area contributed by atoms with E-state index in [0.29, 0.717) is 17.7 Å². The molecule has 2 aromatic carbocycles. The average molecular weight is 467 g/mol. The third-order valence-electron chi connectivity index (χ3n) is 5.49. The number of benzene rings is 2. The van der Waals surface area contributed by atoms with E-state index in [4.69, 9.17) is 18.6 Å². The molecule has 0 bridgehead atoms. The molecule has 0 spiro atoms. The molecule has 0 aliphatic rings. The highest BCUT2D eigenvalue weighted by atomic mass is 16.5. The summed E-state index contributed by atoms with van der Waals surface area (Å²) in [4.78, 5) is 24.4. The molecule has 0 saturated heterocycles. The fraction of sp³-hybridized carbons (Fsp3) is 0.429. The lowest BCUT2D eigenvalue weighted by Crippen LogP contribution is -2.10. The first kappa shape index (κ1) is 25.3. The molecule has 34 heavy (non-hydrogen) atoms. The first-order valence-electron chi connectivity index (χ1n) is 12.2. The number of hydrogen-bond acceptors (Lipinski definition) is 6. The van der Waals surface area contributed by atoms with Crippen LogP contribution in [0.5, 0.6) is 11.5 Å². The molecule has 3 aromatic rings. The van der Waals surface area contributed by atoms with Gasteiger partial charge in [0.1, 0.15) is 5.75 Å². The Labute approximate surface area is 200 Å². The van der Waals surface area contributed by atoms with E-state index in [9.17, 15) is 9.59 Å². The smallest absolute Gasteiger partial charge is 0.374 e. The molecule has 3 rings (SSSR count). The minimum absolute atomic E-state index is 0.116. The Morgan fingerprint density at radius 1 is 0.853 bits per heavy atom. The van der Waals surface area contributed by atoms with Gasteiger partial charge < -0.3 is 18.6 Å². The Bertz CT molecular complexity index is 1120. The van der Waals surface area contributed by atoms with Gasteiger partial charge in [0.05, 0.1) is 25.2 Å². The zero-order valence-corrected chi connectivity index (χ0v) is 20.1. The van der Waals surface area contributed by atoms with Gasteiger partial charge in [-0.1, -0.05) is 56.9 Å². The highest BCUT2D eigenvalue weighted by Crippen LogP contribution is 2.25. The van der Waals surface area contributed by atoms with Gasteiger partial charge in [-0.2, -0.15) is 0 Å². The lowest BCUT2D eigenvalue weighted by molar-refractivity contribution is 0.0490. The van der Waals surface area contributed by atoms with Crippen molar-refractivity contribution in [2.75, 3.05) is 19.8 Å². The van der Waals surface area contributed by atoms with E-state index in [1.54, 1.807) is 25.1 Å². The zero-order chi connectivity index (χ0) is 24.2. The number of para-hydroxylation sites is 2. The monoisotopic (exact) mass is 466 g/mol. The van der Waals surface area contributed by atoms with Gasteiger partial charge >= 0.3 is 5.97 Å². The van der Waals surface area contributed by atoms with Crippen LogP contribution in [-0.2, 0) is 11.2 Å². The van der Waals surface area contributed by atoms with Gasteiger partial charge in [0, 0.05) is 6.07 Å². The number of carbonyl (C=O) groups is 1. The van der Waals surface area contributed by atoms with Crippen LogP contribution in [0.25, 0.3) is 11.0 Å². The molecular weight excluding hydrogens is 432 g/mol. The van der Waals surface area contributed by atoms with Gasteiger partial charge in [-0.05, 0) is 49.9 Å². The van der Waals surface area contributed by atoms with E-state index in [-0.39, 0.29) is 23.4 Å². The Hall–Kier alpha value is -3.28. The van der Waals surface area contributed by atoms with Crippen molar-refractivity contribution in [3.05, 3.63) is 70.1 Å². The Balaban J connectivity index is 1.41. The minimum Gasteiger partial charge on any atom is -0.493 e. The summed E-state index contributed by atoms with van der Waals surface area (Å²) in [6.07, 6.45) is 7.29. The molecule has 6 nitrogen and oxygen atoms in total. The maximum Gasteiger partial charge on any atom is 0.374 e. The summed E-state index contributed by atoms with van der Waals surface area (Å²) in [6, 6.07) is 14.6. The molecule has 182 valence electrons. The molecule has 0 unspecified atom stereocenters. The maximum atomic E-state index is 12.4. The SMILES string of the molecule is CCCc1ccccc1OCCCCCCCOc1cccc2c(=O)cc(C(=O)OCC)oc12. The Morgan fingerprint density at radius 3 is 2.26 bits per heavy atom. The quantitative estimate of drug-likeness (QED) is 0.204. The number of aryl methyl sites for hydroxylation is 1. The standard InChI is InChI=1S/C28H34O6/c1-3-13-21-14-8-9-16-24(21)32-18-10-6-5-7-11-19-33-25-17-12-15-22-23(29)20-26(34-27(22)25)28(30)31-4-2/h8-9,12,14-17,20H,3-7,10-11,13,18-19H2,1-2H3. The van der Waals surface area contributed by atoms with Crippen molar-refractivity contribution in [2.24, 2.45) is 0 Å². The van der Waals surface area contributed by atoms with Crippen molar-refractivity contribution < 1.29 is 23.4 Å². The summed E-state index contributed by atoms with van der Waals surface area (Å²) >= 11 is 0. The predicted octanol–water partition coefficient (Wildman–Crippen LogP) is 6.33. The predicted molar refractivity (Wildman–Crippen MR) is 133 cm³/mol. The zero-order valence-electron chi connectivity index (χ0n) is 20.1. The molecule has 0 saturated carbocycles. The van der Waals surface area contributed by atoms with Crippen molar-refractivity contribution in [1.82, 2.24) is 0 Å². The molecular formula is C28H34O6. The molecule has 0 radical (unpaired) electrons. The second-order valence-electron chi connectivity index (χ2n) is 8.15. The number of esters is 1. The van der Waals surface area contributed by atoms with Gasteiger partial charge in [0.15, 0.2) is 16.8 Å². The normalized spacial score (nSPS) is 10.9. The van der Waals surface area contributed by atoms with Crippen molar-refractivity contribution in [3.63, 3.8) is 0 Å². The molecule has 0 aliphatic heterocycles. The Morgan fingerprint density at radius 2 is 1.53 bits per heavy atom. The second kappa shape index (κ2) is 13.4. The van der Waals surface area contributed by atoms with Crippen LogP contribution in [0.2, 0.25) is 0 Å². The summed E-state index contributed by atoms with van der Waals surface area (Å²) in [5.41, 5.74) is 1.26. The fourth-order valence-electron chi connectivity index (χ4n) is 3.79. The van der Waals surface area contributed by atoms with E-state index in [0.717, 1.165) is 63.4 Å². The highest BCUT2D eigenvalue weighted by molar-refractivity contribution is 5.90. The van der Waals surface area contributed by atoms with E-state index < -0.39 is 5.97 Å². The van der Waals surface area contributed by atoms with Crippen LogP contribution in [0.3, 0.4) is 0 Å². The summed E-state index contributed by atoms with van der Waals surface area (Å²) < 4.78 is 22.5. The minimum atomic E-state index is -0.658.